The van der Waals surface area contributed by atoms with E-state index in [9.17, 15) is 4.79 Å². The Morgan fingerprint density at radius 2 is 2.44 bits per heavy atom. The molecule has 1 unspecified atom stereocenters. The molecule has 0 spiro atoms. The van der Waals surface area contributed by atoms with E-state index in [-0.39, 0.29) is 5.91 Å². The summed E-state index contributed by atoms with van der Waals surface area (Å²) in [5, 5.41) is 6.42. The molecule has 1 aromatic heterocycles. The number of hydrogen-bond donors (Lipinski definition) is 0. The maximum Gasteiger partial charge on any atom is 0.275 e. The normalized spacial score (nSPS) is 21.8. The number of hydrogen-bond acceptors (Lipinski definition) is 4. The molecule has 0 saturated carbocycles. The molecular formula is C10H14BrN3OS. The number of aromatic nitrogens is 2. The molecule has 1 aromatic rings. The summed E-state index contributed by atoms with van der Waals surface area (Å²) in [5.74, 6) is 0.0279. The van der Waals surface area contributed by atoms with Gasteiger partial charge in [0.25, 0.3) is 5.91 Å². The number of carbonyl (C=O) groups excluding carboxylic acids is 1. The van der Waals surface area contributed by atoms with Crippen molar-refractivity contribution in [3.05, 3.63) is 11.1 Å². The number of halogens is 1. The zero-order chi connectivity index (χ0) is 11.4. The predicted octanol–water partition coefficient (Wildman–Crippen LogP) is 2.32. The van der Waals surface area contributed by atoms with Crippen LogP contribution < -0.4 is 0 Å². The smallest absolute Gasteiger partial charge is 0.275 e. The molecule has 88 valence electrons. The maximum atomic E-state index is 12.2. The number of carbonyl (C=O) groups is 1. The van der Waals surface area contributed by atoms with Crippen molar-refractivity contribution in [1.82, 2.24) is 14.5 Å². The third-order valence-corrected chi connectivity index (χ3v) is 4.15. The summed E-state index contributed by atoms with van der Waals surface area (Å²) >= 11 is 4.72. The summed E-state index contributed by atoms with van der Waals surface area (Å²) in [6, 6.07) is 0.302. The molecule has 0 aromatic carbocycles. The molecule has 1 aliphatic rings. The Bertz CT molecular complexity index is 344. The van der Waals surface area contributed by atoms with E-state index in [1.807, 2.05) is 4.90 Å². The molecule has 1 aliphatic heterocycles. The minimum absolute atomic E-state index is 0.0279. The van der Waals surface area contributed by atoms with Gasteiger partial charge in [-0.2, -0.15) is 0 Å². The fraction of sp³-hybridized carbons (Fsp3) is 0.700. The summed E-state index contributed by atoms with van der Waals surface area (Å²) in [7, 11) is 0. The molecule has 1 amide bonds. The fourth-order valence-electron chi connectivity index (χ4n) is 2.01. The van der Waals surface area contributed by atoms with Crippen LogP contribution in [0.25, 0.3) is 0 Å². The molecule has 1 atom stereocenters. The first-order chi connectivity index (χ1) is 7.83. The molecule has 16 heavy (non-hydrogen) atoms. The summed E-state index contributed by atoms with van der Waals surface area (Å²) in [6.07, 6.45) is 4.58. The molecule has 1 fully saturated rings. The van der Waals surface area contributed by atoms with E-state index in [4.69, 9.17) is 0 Å². The van der Waals surface area contributed by atoms with Gasteiger partial charge in [0.05, 0.1) is 0 Å². The van der Waals surface area contributed by atoms with Crippen LogP contribution in [0.4, 0.5) is 0 Å². The van der Waals surface area contributed by atoms with E-state index in [0.717, 1.165) is 24.7 Å². The zero-order valence-electron chi connectivity index (χ0n) is 8.93. The van der Waals surface area contributed by atoms with Crippen molar-refractivity contribution in [1.29, 1.82) is 0 Å². The van der Waals surface area contributed by atoms with Crippen molar-refractivity contribution >= 4 is 33.4 Å². The first-order valence-electron chi connectivity index (χ1n) is 5.47. The summed E-state index contributed by atoms with van der Waals surface area (Å²) < 4.78 is 3.74. The Kier molecular flexibility index (Phi) is 4.29. The van der Waals surface area contributed by atoms with Gasteiger partial charge in [0.2, 0.25) is 0 Å². The van der Waals surface area contributed by atoms with Crippen LogP contribution in [0.5, 0.6) is 0 Å². The first-order valence-corrected chi connectivity index (χ1v) is 7.42. The van der Waals surface area contributed by atoms with E-state index >= 15 is 0 Å². The Labute approximate surface area is 107 Å². The number of nitrogens with zero attached hydrogens (tertiary/aromatic N) is 3. The number of alkyl halides is 1. The van der Waals surface area contributed by atoms with E-state index in [1.54, 1.807) is 5.38 Å². The van der Waals surface area contributed by atoms with E-state index in [0.29, 0.717) is 11.7 Å². The van der Waals surface area contributed by atoms with Crippen molar-refractivity contribution < 1.29 is 4.79 Å². The largest absolute Gasteiger partial charge is 0.333 e. The van der Waals surface area contributed by atoms with Crippen LogP contribution in [0.2, 0.25) is 0 Å². The summed E-state index contributed by atoms with van der Waals surface area (Å²) in [6.45, 7) is 0.840. The highest BCUT2D eigenvalue weighted by Crippen LogP contribution is 2.20. The Morgan fingerprint density at radius 3 is 3.12 bits per heavy atom. The monoisotopic (exact) mass is 303 g/mol. The average Bonchev–Trinajstić information content (AvgIpc) is 2.73. The van der Waals surface area contributed by atoms with Crippen molar-refractivity contribution in [2.45, 2.75) is 31.7 Å². The molecular weight excluding hydrogens is 290 g/mol. The maximum absolute atomic E-state index is 12.2. The highest BCUT2D eigenvalue weighted by Gasteiger charge is 2.26. The molecule has 0 radical (unpaired) electrons. The Balaban J connectivity index is 2.13. The lowest BCUT2D eigenvalue weighted by atomic mass is 10.1. The molecule has 2 heterocycles. The van der Waals surface area contributed by atoms with E-state index < -0.39 is 0 Å². The molecule has 0 N–H and O–H groups in total. The van der Waals surface area contributed by atoms with Crippen molar-refractivity contribution in [2.75, 3.05) is 11.9 Å². The third kappa shape index (κ3) is 2.60. The molecule has 2 rings (SSSR count). The average molecular weight is 304 g/mol. The van der Waals surface area contributed by atoms with Crippen molar-refractivity contribution in [3.8, 4) is 0 Å². The van der Waals surface area contributed by atoms with E-state index in [1.165, 1.54) is 24.4 Å². The predicted molar refractivity (Wildman–Crippen MR) is 67.0 cm³/mol. The zero-order valence-corrected chi connectivity index (χ0v) is 11.3. The Morgan fingerprint density at radius 1 is 1.56 bits per heavy atom. The summed E-state index contributed by atoms with van der Waals surface area (Å²) in [5.41, 5.74) is 0.484. The molecule has 6 heteroatoms. The van der Waals surface area contributed by atoms with Crippen molar-refractivity contribution in [2.24, 2.45) is 0 Å². The second-order valence-electron chi connectivity index (χ2n) is 3.95. The van der Waals surface area contributed by atoms with Gasteiger partial charge in [0.15, 0.2) is 5.69 Å². The van der Waals surface area contributed by atoms with Gasteiger partial charge in [-0.05, 0) is 24.4 Å². The van der Waals surface area contributed by atoms with Gasteiger partial charge in [0, 0.05) is 23.3 Å². The van der Waals surface area contributed by atoms with Crippen LogP contribution in [0.3, 0.4) is 0 Å². The SMILES string of the molecule is O=C(c1csnn1)N1CCCCCC1CBr. The van der Waals surface area contributed by atoms with Gasteiger partial charge < -0.3 is 4.90 Å². The lowest BCUT2D eigenvalue weighted by molar-refractivity contribution is 0.0696. The van der Waals surface area contributed by atoms with Crippen LogP contribution in [-0.2, 0) is 0 Å². The number of amides is 1. The number of rotatable bonds is 2. The van der Waals surface area contributed by atoms with Crippen LogP contribution in [0, 0.1) is 0 Å². The standard InChI is InChI=1S/C10H14BrN3OS/c11-6-8-4-2-1-3-5-14(8)10(15)9-7-16-13-12-9/h7-8H,1-6H2. The molecule has 0 aliphatic carbocycles. The highest BCUT2D eigenvalue weighted by molar-refractivity contribution is 9.09. The minimum atomic E-state index is 0.0279. The van der Waals surface area contributed by atoms with Gasteiger partial charge >= 0.3 is 0 Å². The van der Waals surface area contributed by atoms with Crippen molar-refractivity contribution in [3.63, 3.8) is 0 Å². The summed E-state index contributed by atoms with van der Waals surface area (Å²) in [4.78, 5) is 14.1. The highest BCUT2D eigenvalue weighted by atomic mass is 79.9. The third-order valence-electron chi connectivity index (χ3n) is 2.90. The van der Waals surface area contributed by atoms with Crippen LogP contribution in [0.1, 0.15) is 36.2 Å². The second kappa shape index (κ2) is 5.72. The Hall–Kier alpha value is -0.490. The second-order valence-corrected chi connectivity index (χ2v) is 5.20. The van der Waals surface area contributed by atoms with Gasteiger partial charge in [-0.15, -0.1) is 5.10 Å². The lowest BCUT2D eigenvalue weighted by Crippen LogP contribution is -2.41. The van der Waals surface area contributed by atoms with Crippen LogP contribution in [-0.4, -0.2) is 38.3 Å². The lowest BCUT2D eigenvalue weighted by Gasteiger charge is -2.27. The van der Waals surface area contributed by atoms with Gasteiger partial charge in [-0.1, -0.05) is 33.3 Å². The topological polar surface area (TPSA) is 46.1 Å². The number of likely N-dealkylation sites (tertiary alicyclic amines) is 1. The van der Waals surface area contributed by atoms with E-state index in [2.05, 4.69) is 25.5 Å². The fourth-order valence-corrected chi connectivity index (χ4v) is 3.11. The first kappa shape index (κ1) is 12.0. The van der Waals surface area contributed by atoms with Crippen LogP contribution in [0.15, 0.2) is 5.38 Å². The molecule has 0 bridgehead atoms. The van der Waals surface area contributed by atoms with Gasteiger partial charge in [-0.3, -0.25) is 4.79 Å². The van der Waals surface area contributed by atoms with Gasteiger partial charge in [-0.25, -0.2) is 0 Å². The molecule has 1 saturated heterocycles. The van der Waals surface area contributed by atoms with Gasteiger partial charge in [0.1, 0.15) is 0 Å². The molecule has 4 nitrogen and oxygen atoms in total. The van der Waals surface area contributed by atoms with Crippen LogP contribution >= 0.6 is 27.5 Å². The minimum Gasteiger partial charge on any atom is -0.333 e. The quantitative estimate of drug-likeness (QED) is 0.788.